The molecule has 0 radical (unpaired) electrons. The molecule has 0 unspecified atom stereocenters. The maximum Gasteiger partial charge on any atom is 0.354 e. The average Bonchev–Trinajstić information content (AvgIpc) is 2.84. The molecule has 0 saturated heterocycles. The Bertz CT molecular complexity index is 532. The zero-order valence-electron chi connectivity index (χ0n) is 11.4. The number of azide groups is 1. The van der Waals surface area contributed by atoms with E-state index in [1.165, 1.54) is 16.8 Å². The van der Waals surface area contributed by atoms with E-state index in [-0.39, 0.29) is 37.6 Å². The van der Waals surface area contributed by atoms with Gasteiger partial charge in [0.05, 0.1) is 18.8 Å². The van der Waals surface area contributed by atoms with Crippen LogP contribution in [0.25, 0.3) is 10.4 Å². The first kappa shape index (κ1) is 15.6. The second-order valence-corrected chi connectivity index (χ2v) is 3.70. The molecule has 0 aliphatic rings. The van der Waals surface area contributed by atoms with Crippen LogP contribution in [0.3, 0.4) is 0 Å². The molecule has 0 spiro atoms. The topological polar surface area (TPSA) is 106 Å². The van der Waals surface area contributed by atoms with Crippen molar-refractivity contribution in [2.75, 3.05) is 19.8 Å². The van der Waals surface area contributed by atoms with Gasteiger partial charge in [-0.15, -0.1) is 0 Å². The number of nitrogens with zero attached hydrogens (tertiary/aromatic N) is 4. The normalized spacial score (nSPS) is 9.70. The van der Waals surface area contributed by atoms with Crippen molar-refractivity contribution < 1.29 is 19.1 Å². The molecule has 0 N–H and O–H groups in total. The van der Waals surface area contributed by atoms with Gasteiger partial charge in [-0.3, -0.25) is 0 Å². The molecule has 0 amide bonds. The van der Waals surface area contributed by atoms with Gasteiger partial charge in [0.1, 0.15) is 5.69 Å². The molecule has 1 heterocycles. The largest absolute Gasteiger partial charge is 0.462 e. The lowest BCUT2D eigenvalue weighted by atomic mass is 10.3. The zero-order valence-corrected chi connectivity index (χ0v) is 11.4. The van der Waals surface area contributed by atoms with Crippen LogP contribution in [0.15, 0.2) is 17.4 Å². The van der Waals surface area contributed by atoms with E-state index in [0.717, 1.165) is 0 Å². The highest BCUT2D eigenvalue weighted by atomic mass is 16.5. The molecule has 8 nitrogen and oxygen atoms in total. The molecule has 0 atom stereocenters. The third kappa shape index (κ3) is 4.03. The Labute approximate surface area is 115 Å². The number of aromatic nitrogens is 1. The van der Waals surface area contributed by atoms with Gasteiger partial charge in [-0.2, -0.15) is 0 Å². The average molecular weight is 280 g/mol. The highest BCUT2D eigenvalue weighted by Gasteiger charge is 2.18. The summed E-state index contributed by atoms with van der Waals surface area (Å²) in [6.07, 6.45) is 1.48. The fourth-order valence-corrected chi connectivity index (χ4v) is 1.59. The van der Waals surface area contributed by atoms with E-state index >= 15 is 0 Å². The summed E-state index contributed by atoms with van der Waals surface area (Å²) in [5.41, 5.74) is 8.74. The molecule has 0 aromatic carbocycles. The maximum absolute atomic E-state index is 11.8. The fraction of sp³-hybridized carbons (Fsp3) is 0.500. The first-order valence-electron chi connectivity index (χ1n) is 6.19. The van der Waals surface area contributed by atoms with Gasteiger partial charge in [-0.1, -0.05) is 5.11 Å². The predicted molar refractivity (Wildman–Crippen MR) is 70.4 cm³/mol. The van der Waals surface area contributed by atoms with Crippen LogP contribution in [-0.4, -0.2) is 36.3 Å². The highest BCUT2D eigenvalue weighted by molar-refractivity contribution is 5.95. The fourth-order valence-electron chi connectivity index (χ4n) is 1.59. The summed E-state index contributed by atoms with van der Waals surface area (Å²) in [7, 11) is 0. The van der Waals surface area contributed by atoms with Crippen LogP contribution in [0.1, 0.15) is 34.7 Å². The van der Waals surface area contributed by atoms with E-state index < -0.39 is 11.9 Å². The van der Waals surface area contributed by atoms with Crippen LogP contribution in [0.2, 0.25) is 0 Å². The van der Waals surface area contributed by atoms with Crippen LogP contribution in [0.5, 0.6) is 0 Å². The molecular formula is C12H16N4O4. The molecule has 0 saturated carbocycles. The number of hydrogen-bond donors (Lipinski definition) is 0. The summed E-state index contributed by atoms with van der Waals surface area (Å²) in [6.45, 7) is 4.31. The summed E-state index contributed by atoms with van der Waals surface area (Å²) in [5.74, 6) is -1.05. The van der Waals surface area contributed by atoms with Gasteiger partial charge in [0, 0.05) is 24.2 Å². The van der Waals surface area contributed by atoms with Crippen LogP contribution >= 0.6 is 0 Å². The van der Waals surface area contributed by atoms with Gasteiger partial charge in [-0.25, -0.2) is 9.59 Å². The molecule has 1 rings (SSSR count). The molecule has 1 aromatic rings. The quantitative estimate of drug-likeness (QED) is 0.330. The Morgan fingerprint density at radius 2 is 1.95 bits per heavy atom. The number of esters is 2. The maximum atomic E-state index is 11.8. The van der Waals surface area contributed by atoms with E-state index in [0.29, 0.717) is 0 Å². The third-order valence-electron chi connectivity index (χ3n) is 2.40. The standard InChI is InChI=1S/C12H16N4O4/c1-3-19-11(17)9-7-10(12(18)20-4-2)16(8-9)6-5-14-15-13/h7-8H,3-6H2,1-2H3. The van der Waals surface area contributed by atoms with Gasteiger partial charge in [-0.05, 0) is 25.4 Å². The molecule has 1 aromatic heterocycles. The molecule has 0 aliphatic carbocycles. The lowest BCUT2D eigenvalue weighted by molar-refractivity contribution is 0.0512. The lowest BCUT2D eigenvalue weighted by Gasteiger charge is -2.06. The predicted octanol–water partition coefficient (Wildman–Crippen LogP) is 2.15. The first-order valence-corrected chi connectivity index (χ1v) is 6.19. The van der Waals surface area contributed by atoms with Gasteiger partial charge in [0.25, 0.3) is 0 Å². The first-order chi connectivity index (χ1) is 9.63. The van der Waals surface area contributed by atoms with Gasteiger partial charge < -0.3 is 14.0 Å². The molecule has 0 bridgehead atoms. The zero-order chi connectivity index (χ0) is 15.0. The number of rotatable bonds is 7. The van der Waals surface area contributed by atoms with Gasteiger partial charge in [0.15, 0.2) is 0 Å². The van der Waals surface area contributed by atoms with E-state index in [1.54, 1.807) is 13.8 Å². The molecule has 0 aliphatic heterocycles. The Morgan fingerprint density at radius 1 is 1.30 bits per heavy atom. The highest BCUT2D eigenvalue weighted by Crippen LogP contribution is 2.12. The van der Waals surface area contributed by atoms with E-state index in [2.05, 4.69) is 10.0 Å². The van der Waals surface area contributed by atoms with E-state index in [9.17, 15) is 9.59 Å². The van der Waals surface area contributed by atoms with Crippen LogP contribution in [0.4, 0.5) is 0 Å². The lowest BCUT2D eigenvalue weighted by Crippen LogP contribution is -2.12. The van der Waals surface area contributed by atoms with Crippen molar-refractivity contribution in [3.8, 4) is 0 Å². The third-order valence-corrected chi connectivity index (χ3v) is 2.40. The van der Waals surface area contributed by atoms with Crippen molar-refractivity contribution in [3.05, 3.63) is 34.0 Å². The summed E-state index contributed by atoms with van der Waals surface area (Å²) in [4.78, 5) is 26.1. The van der Waals surface area contributed by atoms with Crippen molar-refractivity contribution in [1.82, 2.24) is 4.57 Å². The van der Waals surface area contributed by atoms with Crippen LogP contribution < -0.4 is 0 Å². The molecule has 0 fully saturated rings. The Morgan fingerprint density at radius 3 is 2.55 bits per heavy atom. The smallest absolute Gasteiger partial charge is 0.354 e. The van der Waals surface area contributed by atoms with Crippen molar-refractivity contribution in [3.63, 3.8) is 0 Å². The molecule has 20 heavy (non-hydrogen) atoms. The molecule has 8 heteroatoms. The Kier molecular flexibility index (Phi) is 6.12. The summed E-state index contributed by atoms with van der Waals surface area (Å²) in [6, 6.07) is 1.41. The summed E-state index contributed by atoms with van der Waals surface area (Å²) >= 11 is 0. The Balaban J connectivity index is 3.00. The van der Waals surface area contributed by atoms with E-state index in [1.807, 2.05) is 0 Å². The van der Waals surface area contributed by atoms with Crippen molar-refractivity contribution in [2.45, 2.75) is 20.4 Å². The molecular weight excluding hydrogens is 264 g/mol. The SMILES string of the molecule is CCOC(=O)c1cc(C(=O)OCC)n(CCN=[N+]=[N-])c1. The second kappa shape index (κ2) is 7.85. The van der Waals surface area contributed by atoms with Crippen LogP contribution in [-0.2, 0) is 16.0 Å². The second-order valence-electron chi connectivity index (χ2n) is 3.70. The minimum absolute atomic E-state index is 0.167. The monoisotopic (exact) mass is 280 g/mol. The molecule has 108 valence electrons. The summed E-state index contributed by atoms with van der Waals surface area (Å²) in [5, 5.41) is 3.40. The number of carbonyl (C=O) groups is 2. The van der Waals surface area contributed by atoms with Crippen LogP contribution in [0, 0.1) is 0 Å². The minimum Gasteiger partial charge on any atom is -0.462 e. The van der Waals surface area contributed by atoms with Crippen molar-refractivity contribution in [1.29, 1.82) is 0 Å². The summed E-state index contributed by atoms with van der Waals surface area (Å²) < 4.78 is 11.3. The van der Waals surface area contributed by atoms with Crippen molar-refractivity contribution >= 4 is 11.9 Å². The van der Waals surface area contributed by atoms with Crippen molar-refractivity contribution in [2.24, 2.45) is 5.11 Å². The number of hydrogen-bond acceptors (Lipinski definition) is 5. The Hall–Kier alpha value is -2.47. The number of carbonyl (C=O) groups excluding carboxylic acids is 2. The van der Waals surface area contributed by atoms with E-state index in [4.69, 9.17) is 15.0 Å². The van der Waals surface area contributed by atoms with Gasteiger partial charge >= 0.3 is 11.9 Å². The minimum atomic E-state index is -0.538. The number of ether oxygens (including phenoxy) is 2. The van der Waals surface area contributed by atoms with Gasteiger partial charge in [0.2, 0.25) is 0 Å².